The van der Waals surface area contributed by atoms with Crippen LogP contribution in [0.1, 0.15) is 6.42 Å². The number of nitrogens with zero attached hydrogens (tertiary/aromatic N) is 1. The van der Waals surface area contributed by atoms with Crippen LogP contribution >= 0.6 is 38.6 Å². The van der Waals surface area contributed by atoms with Crippen LogP contribution in [0.15, 0.2) is 50.5 Å². The van der Waals surface area contributed by atoms with Gasteiger partial charge in [0, 0.05) is 11.8 Å². The number of benzene rings is 1. The van der Waals surface area contributed by atoms with Crippen molar-refractivity contribution in [3.63, 3.8) is 0 Å². The third-order valence-electron chi connectivity index (χ3n) is 3.35. The van der Waals surface area contributed by atoms with Crippen molar-refractivity contribution in [3.05, 3.63) is 51.4 Å². The molecule has 0 saturated heterocycles. The molecule has 5 nitrogen and oxygen atoms in total. The first kappa shape index (κ1) is 19.2. The molecule has 0 aliphatic carbocycles. The molecule has 0 radical (unpaired) electrons. The molecule has 0 aliphatic rings. The summed E-state index contributed by atoms with van der Waals surface area (Å²) in [6.07, 6.45) is -0.209. The van der Waals surface area contributed by atoms with Gasteiger partial charge in [-0.15, -0.1) is 22.7 Å². The van der Waals surface area contributed by atoms with E-state index in [1.165, 1.54) is 34.8 Å². The number of hydrogen-bond acceptors (Lipinski definition) is 6. The molecular formula is C16H12BrFN2O3S3. The van der Waals surface area contributed by atoms with Gasteiger partial charge in [0.15, 0.2) is 15.0 Å². The van der Waals surface area contributed by atoms with Gasteiger partial charge in [0.1, 0.15) is 5.82 Å². The van der Waals surface area contributed by atoms with Crippen LogP contribution in [0.2, 0.25) is 0 Å². The number of amides is 1. The van der Waals surface area contributed by atoms with E-state index in [9.17, 15) is 17.6 Å². The average molecular weight is 475 g/mol. The maximum atomic E-state index is 12.9. The van der Waals surface area contributed by atoms with Crippen molar-refractivity contribution in [1.29, 1.82) is 0 Å². The van der Waals surface area contributed by atoms with E-state index in [4.69, 9.17) is 0 Å². The van der Waals surface area contributed by atoms with Gasteiger partial charge in [0.2, 0.25) is 5.91 Å². The van der Waals surface area contributed by atoms with Gasteiger partial charge < -0.3 is 5.32 Å². The van der Waals surface area contributed by atoms with Crippen molar-refractivity contribution in [2.75, 3.05) is 11.1 Å². The summed E-state index contributed by atoms with van der Waals surface area (Å²) < 4.78 is 38.2. The molecule has 0 spiro atoms. The predicted octanol–water partition coefficient (Wildman–Crippen LogP) is 4.58. The number of halogens is 2. The fourth-order valence-corrected chi connectivity index (χ4v) is 5.45. The second kappa shape index (κ2) is 7.95. The number of rotatable bonds is 6. The lowest BCUT2D eigenvalue weighted by molar-refractivity contribution is -0.115. The Kier molecular flexibility index (Phi) is 5.86. The van der Waals surface area contributed by atoms with Crippen molar-refractivity contribution in [1.82, 2.24) is 4.98 Å². The Morgan fingerprint density at radius 3 is 2.58 bits per heavy atom. The highest BCUT2D eigenvalue weighted by atomic mass is 79.9. The summed E-state index contributed by atoms with van der Waals surface area (Å²) in [7, 11) is -3.65. The lowest BCUT2D eigenvalue weighted by Crippen LogP contribution is -2.17. The molecule has 2 aromatic heterocycles. The van der Waals surface area contributed by atoms with Crippen molar-refractivity contribution in [2.24, 2.45) is 0 Å². The Balaban J connectivity index is 1.59. The number of nitrogens with one attached hydrogen (secondary N) is 1. The second-order valence-electron chi connectivity index (χ2n) is 5.21. The topological polar surface area (TPSA) is 76.1 Å². The van der Waals surface area contributed by atoms with Crippen LogP contribution in [0.25, 0.3) is 10.6 Å². The number of sulfone groups is 1. The van der Waals surface area contributed by atoms with Gasteiger partial charge >= 0.3 is 0 Å². The van der Waals surface area contributed by atoms with Gasteiger partial charge in [-0.3, -0.25) is 4.79 Å². The number of aromatic nitrogens is 1. The minimum atomic E-state index is -3.65. The molecule has 0 unspecified atom stereocenters. The Bertz CT molecular complexity index is 1030. The second-order valence-corrected chi connectivity index (χ2v) is 10.6. The lowest BCUT2D eigenvalue weighted by atomic mass is 10.4. The molecule has 0 aliphatic heterocycles. The maximum Gasteiger partial charge on any atom is 0.227 e. The summed E-state index contributed by atoms with van der Waals surface area (Å²) in [6.45, 7) is 0. The molecule has 0 saturated carbocycles. The summed E-state index contributed by atoms with van der Waals surface area (Å²) in [5, 5.41) is 4.84. The van der Waals surface area contributed by atoms with Crippen molar-refractivity contribution in [2.45, 2.75) is 11.3 Å². The largest absolute Gasteiger partial charge is 0.302 e. The quantitative estimate of drug-likeness (QED) is 0.530. The normalized spacial score (nSPS) is 11.5. The van der Waals surface area contributed by atoms with E-state index in [1.807, 2.05) is 17.5 Å². The number of carbonyl (C=O) groups is 1. The highest BCUT2D eigenvalue weighted by molar-refractivity contribution is 9.11. The molecule has 0 bridgehead atoms. The molecular weight excluding hydrogens is 463 g/mol. The van der Waals surface area contributed by atoms with Gasteiger partial charge in [-0.25, -0.2) is 17.8 Å². The fourth-order valence-electron chi connectivity index (χ4n) is 2.06. The number of hydrogen-bond donors (Lipinski definition) is 1. The van der Waals surface area contributed by atoms with Gasteiger partial charge in [0.25, 0.3) is 0 Å². The molecule has 1 amide bonds. The Morgan fingerprint density at radius 2 is 1.92 bits per heavy atom. The maximum absolute atomic E-state index is 12.9. The zero-order chi connectivity index (χ0) is 18.7. The lowest BCUT2D eigenvalue weighted by Gasteiger charge is -2.04. The first-order chi connectivity index (χ1) is 12.3. The minimum Gasteiger partial charge on any atom is -0.302 e. The Labute approximate surface area is 166 Å². The Hall–Kier alpha value is -1.62. The van der Waals surface area contributed by atoms with Crippen molar-refractivity contribution < 1.29 is 17.6 Å². The van der Waals surface area contributed by atoms with Crippen molar-refractivity contribution in [3.8, 4) is 10.6 Å². The smallest absolute Gasteiger partial charge is 0.227 e. The van der Waals surface area contributed by atoms with Crippen LogP contribution < -0.4 is 5.32 Å². The third kappa shape index (κ3) is 4.76. The van der Waals surface area contributed by atoms with Gasteiger partial charge in [-0.05, 0) is 52.3 Å². The highest BCUT2D eigenvalue weighted by Gasteiger charge is 2.17. The van der Waals surface area contributed by atoms with E-state index < -0.39 is 21.6 Å². The molecule has 136 valence electrons. The SMILES string of the molecule is O=C(CCS(=O)(=O)c1ccc(F)cc1)Nc1nc(-c2ccc(Br)s2)cs1. The Morgan fingerprint density at radius 1 is 1.19 bits per heavy atom. The predicted molar refractivity (Wildman–Crippen MR) is 105 cm³/mol. The minimum absolute atomic E-state index is 0.00786. The van der Waals surface area contributed by atoms with Crippen LogP contribution in [-0.2, 0) is 14.6 Å². The van der Waals surface area contributed by atoms with E-state index in [1.54, 1.807) is 0 Å². The van der Waals surface area contributed by atoms with E-state index in [0.29, 0.717) is 5.13 Å². The van der Waals surface area contributed by atoms with E-state index in [0.717, 1.165) is 26.5 Å². The first-order valence-corrected chi connectivity index (χ1v) is 11.5. The standard InChI is InChI=1S/C16H12BrFN2O3S3/c17-14-6-5-13(25-14)12-9-24-16(19-12)20-15(21)7-8-26(22,23)11-3-1-10(18)2-4-11/h1-6,9H,7-8H2,(H,19,20,21). The number of thiazole rings is 1. The van der Waals surface area contributed by atoms with E-state index in [-0.39, 0.29) is 17.1 Å². The summed E-state index contributed by atoms with van der Waals surface area (Å²) in [5.41, 5.74) is 0.750. The van der Waals surface area contributed by atoms with Crippen molar-refractivity contribution >= 4 is 59.5 Å². The van der Waals surface area contributed by atoms with Crippen LogP contribution in [0.3, 0.4) is 0 Å². The summed E-state index contributed by atoms with van der Waals surface area (Å²) in [5.74, 6) is -1.32. The van der Waals surface area contributed by atoms with E-state index >= 15 is 0 Å². The average Bonchev–Trinajstić information content (AvgIpc) is 3.22. The van der Waals surface area contributed by atoms with Crippen LogP contribution in [0, 0.1) is 5.82 Å². The number of anilines is 1. The number of thiophene rings is 1. The molecule has 0 fully saturated rings. The summed E-state index contributed by atoms with van der Waals surface area (Å²) in [6, 6.07) is 8.37. The molecule has 3 rings (SSSR count). The summed E-state index contributed by atoms with van der Waals surface area (Å²) >= 11 is 6.18. The zero-order valence-corrected chi connectivity index (χ0v) is 17.1. The molecule has 1 aromatic carbocycles. The third-order valence-corrected chi connectivity index (χ3v) is 7.48. The molecule has 3 aromatic rings. The summed E-state index contributed by atoms with van der Waals surface area (Å²) in [4.78, 5) is 17.3. The molecule has 10 heteroatoms. The fraction of sp³-hybridized carbons (Fsp3) is 0.125. The molecule has 26 heavy (non-hydrogen) atoms. The van der Waals surface area contributed by atoms with E-state index in [2.05, 4.69) is 26.2 Å². The van der Waals surface area contributed by atoms with Gasteiger partial charge in [-0.1, -0.05) is 0 Å². The van der Waals surface area contributed by atoms with Crippen LogP contribution in [-0.4, -0.2) is 25.1 Å². The monoisotopic (exact) mass is 474 g/mol. The number of carbonyl (C=O) groups excluding carboxylic acids is 1. The molecule has 1 N–H and O–H groups in total. The van der Waals surface area contributed by atoms with Crippen LogP contribution in [0.4, 0.5) is 9.52 Å². The molecule has 0 atom stereocenters. The van der Waals surface area contributed by atoms with Gasteiger partial charge in [0.05, 0.1) is 25.0 Å². The van der Waals surface area contributed by atoms with Gasteiger partial charge in [-0.2, -0.15) is 0 Å². The zero-order valence-electron chi connectivity index (χ0n) is 13.1. The first-order valence-electron chi connectivity index (χ1n) is 7.33. The van der Waals surface area contributed by atoms with Crippen LogP contribution in [0.5, 0.6) is 0 Å². The molecule has 2 heterocycles. The highest BCUT2D eigenvalue weighted by Crippen LogP contribution is 2.33.